The van der Waals surface area contributed by atoms with Crippen LogP contribution in [-0.4, -0.2) is 56.9 Å². The van der Waals surface area contributed by atoms with Crippen molar-refractivity contribution in [3.63, 3.8) is 0 Å². The molecule has 1 aromatic carbocycles. The highest BCUT2D eigenvalue weighted by atomic mass is 16.6. The number of piperazine rings is 1. The molecule has 1 aromatic heterocycles. The van der Waals surface area contributed by atoms with Crippen LogP contribution in [0.5, 0.6) is 0 Å². The van der Waals surface area contributed by atoms with Crippen LogP contribution in [0.3, 0.4) is 0 Å². The van der Waals surface area contributed by atoms with Crippen molar-refractivity contribution in [1.82, 2.24) is 19.9 Å². The van der Waals surface area contributed by atoms with E-state index >= 15 is 0 Å². The Kier molecular flexibility index (Phi) is 4.75. The van der Waals surface area contributed by atoms with Gasteiger partial charge in [-0.3, -0.25) is 19.8 Å². The predicted molar refractivity (Wildman–Crippen MR) is 88.0 cm³/mol. The minimum absolute atomic E-state index is 0.00530. The second kappa shape index (κ2) is 6.98. The second-order valence-electron chi connectivity index (χ2n) is 6.05. The molecule has 2 heterocycles. The summed E-state index contributed by atoms with van der Waals surface area (Å²) >= 11 is 0. The summed E-state index contributed by atoms with van der Waals surface area (Å²) in [4.78, 5) is 31.1. The maximum absolute atomic E-state index is 12.7. The van der Waals surface area contributed by atoms with Crippen molar-refractivity contribution < 1.29 is 14.2 Å². The summed E-state index contributed by atoms with van der Waals surface area (Å²) in [5.74, 6) is 1.09. The number of amides is 1. The average molecular weight is 345 g/mol. The van der Waals surface area contributed by atoms with Gasteiger partial charge in [0.1, 0.15) is 0 Å². The molecule has 1 aliphatic heterocycles. The number of carbonyl (C=O) groups excluding carboxylic acids is 1. The van der Waals surface area contributed by atoms with Gasteiger partial charge >= 0.3 is 0 Å². The van der Waals surface area contributed by atoms with Gasteiger partial charge in [0.2, 0.25) is 5.89 Å². The molecule has 0 unspecified atom stereocenters. The van der Waals surface area contributed by atoms with E-state index in [0.717, 1.165) is 0 Å². The fraction of sp³-hybridized carbons (Fsp3) is 0.438. The quantitative estimate of drug-likeness (QED) is 0.611. The number of aromatic nitrogens is 2. The van der Waals surface area contributed by atoms with Gasteiger partial charge in [0, 0.05) is 50.8 Å². The topological polar surface area (TPSA) is 106 Å². The van der Waals surface area contributed by atoms with Gasteiger partial charge < -0.3 is 9.42 Å². The van der Waals surface area contributed by atoms with Crippen LogP contribution in [0, 0.1) is 24.0 Å². The molecule has 25 heavy (non-hydrogen) atoms. The third-order valence-electron chi connectivity index (χ3n) is 4.25. The number of hydrogen-bond acceptors (Lipinski definition) is 7. The van der Waals surface area contributed by atoms with Crippen LogP contribution in [0.1, 0.15) is 27.6 Å². The maximum atomic E-state index is 12.7. The van der Waals surface area contributed by atoms with Gasteiger partial charge in [-0.2, -0.15) is 4.98 Å². The van der Waals surface area contributed by atoms with E-state index in [-0.39, 0.29) is 11.6 Å². The maximum Gasteiger partial charge on any atom is 0.269 e. The van der Waals surface area contributed by atoms with Crippen LogP contribution in [-0.2, 0) is 6.54 Å². The van der Waals surface area contributed by atoms with Crippen LogP contribution in [0.2, 0.25) is 0 Å². The number of carbonyl (C=O) groups is 1. The van der Waals surface area contributed by atoms with Gasteiger partial charge in [-0.05, 0) is 18.6 Å². The van der Waals surface area contributed by atoms with Crippen LogP contribution >= 0.6 is 0 Å². The zero-order valence-electron chi connectivity index (χ0n) is 14.1. The van der Waals surface area contributed by atoms with Gasteiger partial charge in [-0.1, -0.05) is 5.16 Å². The van der Waals surface area contributed by atoms with Crippen molar-refractivity contribution >= 4 is 11.6 Å². The molecule has 1 fully saturated rings. The van der Waals surface area contributed by atoms with Crippen molar-refractivity contribution in [1.29, 1.82) is 0 Å². The van der Waals surface area contributed by atoms with E-state index < -0.39 is 4.92 Å². The highest BCUT2D eigenvalue weighted by Gasteiger charge is 2.24. The molecule has 3 rings (SSSR count). The minimum atomic E-state index is -0.459. The van der Waals surface area contributed by atoms with Crippen molar-refractivity contribution in [2.24, 2.45) is 0 Å². The zero-order chi connectivity index (χ0) is 18.0. The summed E-state index contributed by atoms with van der Waals surface area (Å²) in [5, 5.41) is 14.7. The zero-order valence-corrected chi connectivity index (χ0v) is 14.1. The van der Waals surface area contributed by atoms with E-state index in [4.69, 9.17) is 4.52 Å². The van der Waals surface area contributed by atoms with E-state index in [1.54, 1.807) is 18.7 Å². The third-order valence-corrected chi connectivity index (χ3v) is 4.25. The Hall–Kier alpha value is -2.81. The molecule has 0 aliphatic carbocycles. The Balaban J connectivity index is 1.60. The summed E-state index contributed by atoms with van der Waals surface area (Å²) in [6, 6.07) is 4.33. The summed E-state index contributed by atoms with van der Waals surface area (Å²) in [6.45, 7) is 6.67. The molecule has 0 bridgehead atoms. The van der Waals surface area contributed by atoms with E-state index in [2.05, 4.69) is 15.0 Å². The molecular formula is C16H19N5O4. The fourth-order valence-corrected chi connectivity index (χ4v) is 2.89. The smallest absolute Gasteiger partial charge is 0.269 e. The van der Waals surface area contributed by atoms with Gasteiger partial charge in [-0.15, -0.1) is 0 Å². The molecule has 0 N–H and O–H groups in total. The lowest BCUT2D eigenvalue weighted by molar-refractivity contribution is -0.384. The molecule has 1 aliphatic rings. The molecule has 0 spiro atoms. The summed E-state index contributed by atoms with van der Waals surface area (Å²) in [5.41, 5.74) is 1.12. The molecule has 132 valence electrons. The van der Waals surface area contributed by atoms with Gasteiger partial charge in [0.15, 0.2) is 5.82 Å². The highest BCUT2D eigenvalue weighted by molar-refractivity contribution is 5.96. The van der Waals surface area contributed by atoms with Crippen LogP contribution in [0.4, 0.5) is 5.69 Å². The standard InChI is InChI=1S/C16H19N5O4/c1-11-9-13(21(23)24)3-4-14(11)16(22)20-7-5-19(6-8-20)10-15-17-12(2)25-18-15/h3-4,9H,5-8,10H2,1-2H3. The highest BCUT2D eigenvalue weighted by Crippen LogP contribution is 2.19. The van der Waals surface area contributed by atoms with Gasteiger partial charge in [0.05, 0.1) is 11.5 Å². The predicted octanol–water partition coefficient (Wildman–Crippen LogP) is 1.55. The minimum Gasteiger partial charge on any atom is -0.340 e. The molecule has 9 nitrogen and oxygen atoms in total. The van der Waals surface area contributed by atoms with E-state index in [1.165, 1.54) is 18.2 Å². The molecule has 1 amide bonds. The summed E-state index contributed by atoms with van der Waals surface area (Å²) in [7, 11) is 0. The first kappa shape index (κ1) is 17.0. The Bertz CT molecular complexity index is 796. The number of nitro groups is 1. The van der Waals surface area contributed by atoms with Crippen LogP contribution in [0.25, 0.3) is 0 Å². The monoisotopic (exact) mass is 345 g/mol. The number of nitrogens with zero attached hydrogens (tertiary/aromatic N) is 5. The Morgan fingerprint density at radius 2 is 2.00 bits per heavy atom. The number of rotatable bonds is 4. The van der Waals surface area contributed by atoms with E-state index in [9.17, 15) is 14.9 Å². The molecule has 2 aromatic rings. The SMILES string of the molecule is Cc1nc(CN2CCN(C(=O)c3ccc([N+](=O)[O-])cc3C)CC2)no1. The lowest BCUT2D eigenvalue weighted by atomic mass is 10.1. The Morgan fingerprint density at radius 1 is 1.28 bits per heavy atom. The largest absolute Gasteiger partial charge is 0.340 e. The average Bonchev–Trinajstić information content (AvgIpc) is 2.99. The molecule has 0 atom stereocenters. The number of nitro benzene ring substituents is 1. The first-order chi connectivity index (χ1) is 11.9. The molecule has 9 heteroatoms. The number of aryl methyl sites for hydroxylation is 2. The van der Waals surface area contributed by atoms with Gasteiger partial charge in [0.25, 0.3) is 11.6 Å². The van der Waals surface area contributed by atoms with E-state index in [1.807, 2.05) is 0 Å². The Labute approximate surface area is 144 Å². The van der Waals surface area contributed by atoms with Crippen molar-refractivity contribution in [2.75, 3.05) is 26.2 Å². The normalized spacial score (nSPS) is 15.4. The van der Waals surface area contributed by atoms with Crippen molar-refractivity contribution in [2.45, 2.75) is 20.4 Å². The fourth-order valence-electron chi connectivity index (χ4n) is 2.89. The first-order valence-corrected chi connectivity index (χ1v) is 8.00. The molecule has 0 radical (unpaired) electrons. The van der Waals surface area contributed by atoms with Crippen molar-refractivity contribution in [3.05, 3.63) is 51.2 Å². The molecular weight excluding hydrogens is 326 g/mol. The summed E-state index contributed by atoms with van der Waals surface area (Å²) in [6.07, 6.45) is 0. The number of benzene rings is 1. The summed E-state index contributed by atoms with van der Waals surface area (Å²) < 4.78 is 4.96. The Morgan fingerprint density at radius 3 is 2.56 bits per heavy atom. The van der Waals surface area contributed by atoms with Gasteiger partial charge in [-0.25, -0.2) is 0 Å². The van der Waals surface area contributed by atoms with Crippen LogP contribution in [0.15, 0.2) is 22.7 Å². The molecule has 1 saturated heterocycles. The lowest BCUT2D eigenvalue weighted by Gasteiger charge is -2.34. The third kappa shape index (κ3) is 3.82. The second-order valence-corrected chi connectivity index (χ2v) is 6.05. The first-order valence-electron chi connectivity index (χ1n) is 8.00. The molecule has 0 saturated carbocycles. The van der Waals surface area contributed by atoms with Crippen LogP contribution < -0.4 is 0 Å². The number of hydrogen-bond donors (Lipinski definition) is 0. The van der Waals surface area contributed by atoms with Crippen molar-refractivity contribution in [3.8, 4) is 0 Å². The van der Waals surface area contributed by atoms with E-state index in [0.29, 0.717) is 55.6 Å². The number of non-ortho nitro benzene ring substituents is 1. The lowest BCUT2D eigenvalue weighted by Crippen LogP contribution is -2.48.